The van der Waals surface area contributed by atoms with Crippen molar-refractivity contribution in [3.8, 4) is 0 Å². The molecule has 0 saturated carbocycles. The van der Waals surface area contributed by atoms with Crippen LogP contribution in [-0.2, 0) is 16.1 Å². The van der Waals surface area contributed by atoms with Crippen LogP contribution in [0.2, 0.25) is 0 Å². The molecule has 2 aliphatic heterocycles. The van der Waals surface area contributed by atoms with Crippen molar-refractivity contribution in [2.75, 3.05) is 26.2 Å². The van der Waals surface area contributed by atoms with E-state index in [0.717, 1.165) is 32.4 Å². The third kappa shape index (κ3) is 3.23. The van der Waals surface area contributed by atoms with Crippen LogP contribution in [0.25, 0.3) is 5.52 Å². The summed E-state index contributed by atoms with van der Waals surface area (Å²) in [5, 5.41) is 4.09. The van der Waals surface area contributed by atoms with E-state index in [0.29, 0.717) is 30.9 Å². The summed E-state index contributed by atoms with van der Waals surface area (Å²) in [6.07, 6.45) is 6.84. The number of carbonyl (C=O) groups is 2. The van der Waals surface area contributed by atoms with Crippen molar-refractivity contribution in [1.29, 1.82) is 0 Å². The molecule has 8 nitrogen and oxygen atoms in total. The van der Waals surface area contributed by atoms with Crippen molar-refractivity contribution < 1.29 is 9.59 Å². The molecular weight excluding hydrogens is 334 g/mol. The number of hydrogen-bond acceptors (Lipinski definition) is 4. The average Bonchev–Trinajstić information content (AvgIpc) is 3.27. The van der Waals surface area contributed by atoms with E-state index in [-0.39, 0.29) is 23.9 Å². The Morgan fingerprint density at radius 3 is 2.92 bits per heavy atom. The topological polar surface area (TPSA) is 79.9 Å². The van der Waals surface area contributed by atoms with E-state index in [1.165, 1.54) is 4.68 Å². The van der Waals surface area contributed by atoms with Crippen LogP contribution < -0.4 is 5.56 Å². The Morgan fingerprint density at radius 1 is 1.23 bits per heavy atom. The first-order chi connectivity index (χ1) is 12.6. The highest BCUT2D eigenvalue weighted by Crippen LogP contribution is 2.20. The van der Waals surface area contributed by atoms with Crippen LogP contribution >= 0.6 is 0 Å². The van der Waals surface area contributed by atoms with E-state index in [1.54, 1.807) is 29.1 Å². The summed E-state index contributed by atoms with van der Waals surface area (Å²) in [5.41, 5.74) is 0.249. The lowest BCUT2D eigenvalue weighted by atomic mass is 9.97. The van der Waals surface area contributed by atoms with Gasteiger partial charge in [-0.05, 0) is 37.3 Å². The molecule has 0 aromatic carbocycles. The number of aromatic nitrogens is 3. The van der Waals surface area contributed by atoms with Crippen LogP contribution in [-0.4, -0.2) is 62.0 Å². The van der Waals surface area contributed by atoms with Crippen LogP contribution in [0.15, 0.2) is 29.5 Å². The number of amides is 2. The SMILES string of the molecule is O=C1CCCN1CC1CCCN(C(=O)Cn2ncn3cccc3c2=O)C1. The van der Waals surface area contributed by atoms with Gasteiger partial charge in [-0.25, -0.2) is 4.68 Å². The van der Waals surface area contributed by atoms with Gasteiger partial charge in [-0.2, -0.15) is 5.10 Å². The fourth-order valence-corrected chi connectivity index (χ4v) is 3.97. The molecule has 2 saturated heterocycles. The van der Waals surface area contributed by atoms with E-state index < -0.39 is 0 Å². The Hall–Kier alpha value is -2.64. The summed E-state index contributed by atoms with van der Waals surface area (Å²) in [6.45, 7) is 2.86. The molecule has 138 valence electrons. The predicted octanol–water partition coefficient (Wildman–Crippen LogP) is 0.357. The third-order valence-electron chi connectivity index (χ3n) is 5.35. The van der Waals surface area contributed by atoms with Crippen molar-refractivity contribution in [3.05, 3.63) is 35.0 Å². The molecule has 0 spiro atoms. The Kier molecular flexibility index (Phi) is 4.48. The van der Waals surface area contributed by atoms with Crippen LogP contribution in [0, 0.1) is 5.92 Å². The molecule has 2 aliphatic rings. The highest BCUT2D eigenvalue weighted by molar-refractivity contribution is 5.78. The summed E-state index contributed by atoms with van der Waals surface area (Å²) in [7, 11) is 0. The molecule has 4 rings (SSSR count). The van der Waals surface area contributed by atoms with Crippen LogP contribution in [0.4, 0.5) is 0 Å². The minimum Gasteiger partial charge on any atom is -0.342 e. The van der Waals surface area contributed by atoms with Crippen LogP contribution in [0.1, 0.15) is 25.7 Å². The molecule has 0 N–H and O–H groups in total. The number of carbonyl (C=O) groups excluding carboxylic acids is 2. The van der Waals surface area contributed by atoms with Gasteiger partial charge in [-0.15, -0.1) is 0 Å². The van der Waals surface area contributed by atoms with E-state index in [4.69, 9.17) is 0 Å². The predicted molar refractivity (Wildman–Crippen MR) is 94.6 cm³/mol. The zero-order valence-corrected chi connectivity index (χ0v) is 14.7. The van der Waals surface area contributed by atoms with E-state index in [9.17, 15) is 14.4 Å². The molecule has 26 heavy (non-hydrogen) atoms. The van der Waals surface area contributed by atoms with Gasteiger partial charge in [0.2, 0.25) is 11.8 Å². The van der Waals surface area contributed by atoms with Crippen LogP contribution in [0.5, 0.6) is 0 Å². The van der Waals surface area contributed by atoms with Gasteiger partial charge in [0, 0.05) is 38.8 Å². The van der Waals surface area contributed by atoms with Gasteiger partial charge in [0.15, 0.2) is 0 Å². The fraction of sp³-hybridized carbons (Fsp3) is 0.556. The highest BCUT2D eigenvalue weighted by Gasteiger charge is 2.28. The van der Waals surface area contributed by atoms with E-state index >= 15 is 0 Å². The number of hydrogen-bond donors (Lipinski definition) is 0. The first kappa shape index (κ1) is 16.8. The molecule has 0 aliphatic carbocycles. The molecule has 0 bridgehead atoms. The van der Waals surface area contributed by atoms with Gasteiger partial charge in [0.05, 0.1) is 0 Å². The van der Waals surface area contributed by atoms with Gasteiger partial charge >= 0.3 is 0 Å². The second-order valence-electron chi connectivity index (χ2n) is 7.19. The van der Waals surface area contributed by atoms with Crippen molar-refractivity contribution >= 4 is 17.3 Å². The smallest absolute Gasteiger partial charge is 0.291 e. The minimum atomic E-state index is -0.262. The quantitative estimate of drug-likeness (QED) is 0.791. The summed E-state index contributed by atoms with van der Waals surface area (Å²) in [5.74, 6) is 0.449. The Labute approximate surface area is 151 Å². The lowest BCUT2D eigenvalue weighted by Crippen LogP contribution is -2.46. The first-order valence-electron chi connectivity index (χ1n) is 9.20. The highest BCUT2D eigenvalue weighted by atomic mass is 16.2. The lowest BCUT2D eigenvalue weighted by molar-refractivity contribution is -0.134. The maximum Gasteiger partial charge on any atom is 0.291 e. The van der Waals surface area contributed by atoms with Gasteiger partial charge in [-0.1, -0.05) is 0 Å². The standard InChI is InChI=1S/C18H23N5O3/c24-16-6-3-8-20(16)10-14-4-1-7-21(11-14)17(25)12-23-18(26)15-5-2-9-22(15)13-19-23/h2,5,9,13-14H,1,3-4,6-8,10-12H2. The summed E-state index contributed by atoms with van der Waals surface area (Å²) in [4.78, 5) is 40.6. The molecule has 2 aromatic heterocycles. The second kappa shape index (κ2) is 6.93. The molecule has 8 heteroatoms. The largest absolute Gasteiger partial charge is 0.342 e. The fourth-order valence-electron chi connectivity index (χ4n) is 3.97. The van der Waals surface area contributed by atoms with E-state index in [2.05, 4.69) is 5.10 Å². The maximum atomic E-state index is 12.7. The summed E-state index contributed by atoms with van der Waals surface area (Å²) >= 11 is 0. The summed E-state index contributed by atoms with van der Waals surface area (Å²) < 4.78 is 2.87. The number of rotatable bonds is 4. The van der Waals surface area contributed by atoms with Crippen molar-refractivity contribution in [1.82, 2.24) is 24.0 Å². The molecular formula is C18H23N5O3. The minimum absolute atomic E-state index is 0.0458. The first-order valence-corrected chi connectivity index (χ1v) is 9.20. The van der Waals surface area contributed by atoms with E-state index in [1.807, 2.05) is 9.80 Å². The third-order valence-corrected chi connectivity index (χ3v) is 5.35. The Morgan fingerprint density at radius 2 is 2.12 bits per heavy atom. The maximum absolute atomic E-state index is 12.7. The molecule has 2 amide bonds. The molecule has 1 unspecified atom stereocenters. The number of fused-ring (bicyclic) bond motifs is 1. The number of likely N-dealkylation sites (tertiary alicyclic amines) is 2. The zero-order valence-electron chi connectivity index (χ0n) is 14.7. The Balaban J connectivity index is 1.41. The number of nitrogens with zero attached hydrogens (tertiary/aromatic N) is 5. The lowest BCUT2D eigenvalue weighted by Gasteiger charge is -2.34. The molecule has 2 aromatic rings. The zero-order chi connectivity index (χ0) is 18.1. The van der Waals surface area contributed by atoms with Gasteiger partial charge in [0.1, 0.15) is 18.4 Å². The molecule has 2 fully saturated rings. The Bertz CT molecular complexity index is 886. The van der Waals surface area contributed by atoms with Crippen molar-refractivity contribution in [2.45, 2.75) is 32.2 Å². The molecule has 0 radical (unpaired) electrons. The normalized spacial score (nSPS) is 20.9. The average molecular weight is 357 g/mol. The van der Waals surface area contributed by atoms with Crippen molar-refractivity contribution in [3.63, 3.8) is 0 Å². The summed E-state index contributed by atoms with van der Waals surface area (Å²) in [6, 6.07) is 3.49. The van der Waals surface area contributed by atoms with Gasteiger partial charge in [0.25, 0.3) is 5.56 Å². The van der Waals surface area contributed by atoms with Gasteiger partial charge in [-0.3, -0.25) is 14.4 Å². The monoisotopic (exact) mass is 357 g/mol. The number of piperidine rings is 1. The second-order valence-corrected chi connectivity index (χ2v) is 7.19. The molecule has 1 atom stereocenters. The van der Waals surface area contributed by atoms with Crippen molar-refractivity contribution in [2.24, 2.45) is 5.92 Å². The molecule has 4 heterocycles. The van der Waals surface area contributed by atoms with Crippen LogP contribution in [0.3, 0.4) is 0 Å². The van der Waals surface area contributed by atoms with Gasteiger partial charge < -0.3 is 14.2 Å².